The molecule has 0 atom stereocenters. The van der Waals surface area contributed by atoms with E-state index in [4.69, 9.17) is 23.7 Å². The molecule has 1 aromatic carbocycles. The zero-order chi connectivity index (χ0) is 25.7. The largest absolute Gasteiger partial charge is 0.462 e. The van der Waals surface area contributed by atoms with Crippen LogP contribution in [0.4, 0.5) is 0 Å². The third-order valence-corrected chi connectivity index (χ3v) is 9.57. The number of esters is 1. The van der Waals surface area contributed by atoms with Crippen LogP contribution in [0, 0.1) is 0 Å². The highest BCUT2D eigenvalue weighted by Gasteiger charge is 2.36. The van der Waals surface area contributed by atoms with Gasteiger partial charge in [-0.15, -0.1) is 0 Å². The molecule has 1 fully saturated rings. The highest BCUT2D eigenvalue weighted by molar-refractivity contribution is 7.89. The van der Waals surface area contributed by atoms with Crippen molar-refractivity contribution < 1.29 is 36.9 Å². The number of morpholine rings is 1. The lowest BCUT2D eigenvalue weighted by atomic mass is 9.91. The number of benzene rings is 1. The molecule has 0 amide bonds. The Hall–Kier alpha value is -3.13. The number of carbonyl (C=O) groups is 1. The molecule has 3 aromatic rings. The molecule has 6 rings (SSSR count). The molecule has 1 saturated heterocycles. The van der Waals surface area contributed by atoms with Crippen LogP contribution in [-0.2, 0) is 39.4 Å². The number of hydrogen-bond donors (Lipinski definition) is 0. The van der Waals surface area contributed by atoms with E-state index in [1.54, 1.807) is 17.8 Å². The van der Waals surface area contributed by atoms with E-state index >= 15 is 0 Å². The van der Waals surface area contributed by atoms with Crippen LogP contribution in [0.15, 0.2) is 23.2 Å². The molecule has 1 aliphatic carbocycles. The van der Waals surface area contributed by atoms with Crippen molar-refractivity contribution >= 4 is 27.3 Å². The second-order valence-electron chi connectivity index (χ2n) is 8.71. The number of aryl methyl sites for hydroxylation is 2. The number of hydrogen-bond acceptors (Lipinski definition) is 10. The number of aromatic nitrogens is 2. The summed E-state index contributed by atoms with van der Waals surface area (Å²) in [6.45, 7) is 3.06. The lowest BCUT2D eigenvalue weighted by molar-refractivity contribution is 0.0531. The second-order valence-corrected chi connectivity index (χ2v) is 11.6. The molecule has 2 aromatic heterocycles. The normalized spacial score (nSPS) is 16.8. The summed E-state index contributed by atoms with van der Waals surface area (Å²) in [5, 5.41) is 4.79. The first-order valence-corrected chi connectivity index (χ1v) is 14.2. The van der Waals surface area contributed by atoms with Crippen LogP contribution in [0.5, 0.6) is 22.3 Å². The second kappa shape index (κ2) is 9.31. The van der Waals surface area contributed by atoms with E-state index in [0.29, 0.717) is 41.1 Å². The number of rotatable bonds is 6. The van der Waals surface area contributed by atoms with E-state index in [2.05, 4.69) is 5.10 Å². The van der Waals surface area contributed by atoms with Gasteiger partial charge in [0, 0.05) is 32.3 Å². The smallest absolute Gasteiger partial charge is 0.348 e. The summed E-state index contributed by atoms with van der Waals surface area (Å²) in [6, 6.07) is 2.96. The Labute approximate surface area is 217 Å². The fraction of sp³-hybridized carbons (Fsp3) is 0.417. The van der Waals surface area contributed by atoms with Crippen molar-refractivity contribution in [2.24, 2.45) is 7.05 Å². The standard InChI is InChI=1S/C24H25N3O8S2/c1-3-32-23(28)22-15-5-4-14-12-25-26(2)21(14)20(15)24(36-22)35-18-10-16-17(34-13-33-16)11-19(18)37(29,30)27-6-8-31-9-7-27/h10-12H,3-9,13H2,1-2H3. The van der Waals surface area contributed by atoms with Gasteiger partial charge in [0.1, 0.15) is 9.77 Å². The Morgan fingerprint density at radius 1 is 1.16 bits per heavy atom. The summed E-state index contributed by atoms with van der Waals surface area (Å²) >= 11 is 1.14. The monoisotopic (exact) mass is 547 g/mol. The van der Waals surface area contributed by atoms with Gasteiger partial charge in [0.05, 0.1) is 37.3 Å². The molecule has 13 heteroatoms. The quantitative estimate of drug-likeness (QED) is 0.429. The van der Waals surface area contributed by atoms with E-state index in [1.165, 1.54) is 16.4 Å². The van der Waals surface area contributed by atoms with Crippen molar-refractivity contribution in [2.45, 2.75) is 24.7 Å². The fourth-order valence-corrected chi connectivity index (χ4v) is 7.44. The van der Waals surface area contributed by atoms with Crippen molar-refractivity contribution in [3.8, 4) is 33.6 Å². The van der Waals surface area contributed by atoms with Crippen LogP contribution < -0.4 is 14.2 Å². The maximum Gasteiger partial charge on any atom is 0.348 e. The van der Waals surface area contributed by atoms with Gasteiger partial charge in [-0.1, -0.05) is 11.3 Å². The van der Waals surface area contributed by atoms with Crippen LogP contribution >= 0.6 is 11.3 Å². The van der Waals surface area contributed by atoms with Crippen molar-refractivity contribution in [1.82, 2.24) is 14.1 Å². The van der Waals surface area contributed by atoms with E-state index in [1.807, 2.05) is 7.05 Å². The summed E-state index contributed by atoms with van der Waals surface area (Å²) in [6.07, 6.45) is 3.14. The predicted molar refractivity (Wildman–Crippen MR) is 132 cm³/mol. The molecule has 0 N–H and O–H groups in total. The molecular weight excluding hydrogens is 522 g/mol. The Balaban J connectivity index is 1.50. The molecule has 0 spiro atoms. The molecule has 0 bridgehead atoms. The molecule has 11 nitrogen and oxygen atoms in total. The summed E-state index contributed by atoms with van der Waals surface area (Å²) < 4.78 is 58.6. The fourth-order valence-electron chi connectivity index (χ4n) is 4.81. The van der Waals surface area contributed by atoms with Crippen LogP contribution in [0.3, 0.4) is 0 Å². The van der Waals surface area contributed by atoms with Gasteiger partial charge >= 0.3 is 5.97 Å². The maximum absolute atomic E-state index is 13.7. The minimum absolute atomic E-state index is 0.0182. The Morgan fingerprint density at radius 3 is 2.68 bits per heavy atom. The summed E-state index contributed by atoms with van der Waals surface area (Å²) in [4.78, 5) is 13.3. The lowest BCUT2D eigenvalue weighted by Gasteiger charge is -2.27. The highest BCUT2D eigenvalue weighted by Crippen LogP contribution is 2.51. The number of thiophene rings is 1. The zero-order valence-electron chi connectivity index (χ0n) is 20.3. The number of fused-ring (bicyclic) bond motifs is 4. The SMILES string of the molecule is CCOC(=O)c1sc(Oc2cc3c(cc2S(=O)(=O)N2CCOCC2)OCO3)c2c1CCc1cnn(C)c1-2. The summed E-state index contributed by atoms with van der Waals surface area (Å²) in [5.74, 6) is 0.363. The van der Waals surface area contributed by atoms with Gasteiger partial charge in [-0.2, -0.15) is 9.40 Å². The first kappa shape index (κ1) is 24.2. The predicted octanol–water partition coefficient (Wildman–Crippen LogP) is 2.97. The van der Waals surface area contributed by atoms with E-state index in [9.17, 15) is 13.2 Å². The molecule has 0 radical (unpaired) electrons. The molecule has 0 unspecified atom stereocenters. The zero-order valence-corrected chi connectivity index (χ0v) is 21.9. The van der Waals surface area contributed by atoms with Crippen molar-refractivity contribution in [3.63, 3.8) is 0 Å². The van der Waals surface area contributed by atoms with Crippen LogP contribution in [0.2, 0.25) is 0 Å². The maximum atomic E-state index is 13.7. The number of carbonyl (C=O) groups excluding carboxylic acids is 1. The van der Waals surface area contributed by atoms with Crippen LogP contribution in [0.25, 0.3) is 11.3 Å². The Morgan fingerprint density at radius 2 is 1.92 bits per heavy atom. The molecule has 196 valence electrons. The van der Waals surface area contributed by atoms with E-state index in [-0.39, 0.29) is 37.1 Å². The summed E-state index contributed by atoms with van der Waals surface area (Å²) in [7, 11) is -2.12. The van der Waals surface area contributed by atoms with Gasteiger partial charge in [-0.05, 0) is 30.9 Å². The molecular formula is C24H25N3O8S2. The van der Waals surface area contributed by atoms with Crippen molar-refractivity contribution in [1.29, 1.82) is 0 Å². The first-order chi connectivity index (χ1) is 17.9. The Bertz CT molecular complexity index is 1490. The molecule has 4 heterocycles. The van der Waals surface area contributed by atoms with Gasteiger partial charge in [0.15, 0.2) is 22.3 Å². The topological polar surface area (TPSA) is 118 Å². The molecule has 2 aliphatic heterocycles. The molecule has 37 heavy (non-hydrogen) atoms. The third kappa shape index (κ3) is 4.06. The number of ether oxygens (including phenoxy) is 5. The highest BCUT2D eigenvalue weighted by atomic mass is 32.2. The lowest BCUT2D eigenvalue weighted by Crippen LogP contribution is -2.40. The van der Waals surface area contributed by atoms with Gasteiger partial charge in [-0.3, -0.25) is 4.68 Å². The van der Waals surface area contributed by atoms with Crippen molar-refractivity contribution in [2.75, 3.05) is 39.7 Å². The third-order valence-electron chi connectivity index (χ3n) is 6.56. The van der Waals surface area contributed by atoms with Gasteiger partial charge in [0.2, 0.25) is 16.8 Å². The number of sulfonamides is 1. The summed E-state index contributed by atoms with van der Waals surface area (Å²) in [5.41, 5.74) is 3.40. The average Bonchev–Trinajstić information content (AvgIpc) is 3.61. The van der Waals surface area contributed by atoms with E-state index in [0.717, 1.165) is 40.1 Å². The minimum atomic E-state index is -3.94. The minimum Gasteiger partial charge on any atom is -0.462 e. The van der Waals surface area contributed by atoms with Gasteiger partial charge in [0.25, 0.3) is 0 Å². The van der Waals surface area contributed by atoms with Gasteiger partial charge < -0.3 is 23.7 Å². The van der Waals surface area contributed by atoms with Crippen LogP contribution in [-0.4, -0.2) is 68.2 Å². The molecule has 3 aliphatic rings. The molecule has 0 saturated carbocycles. The van der Waals surface area contributed by atoms with Crippen LogP contribution in [0.1, 0.15) is 27.7 Å². The van der Waals surface area contributed by atoms with Crippen molar-refractivity contribution in [3.05, 3.63) is 34.3 Å². The average molecular weight is 548 g/mol. The number of nitrogens with zero attached hydrogens (tertiary/aromatic N) is 3. The first-order valence-electron chi connectivity index (χ1n) is 11.9. The van der Waals surface area contributed by atoms with Gasteiger partial charge in [-0.25, -0.2) is 13.2 Å². The van der Waals surface area contributed by atoms with E-state index < -0.39 is 16.0 Å². The Kier molecular flexibility index (Phi) is 6.10.